The van der Waals surface area contributed by atoms with Crippen LogP contribution in [0.1, 0.15) is 26.3 Å². The molecule has 0 heterocycles. The van der Waals surface area contributed by atoms with Crippen LogP contribution in [-0.4, -0.2) is 27.4 Å². The second kappa shape index (κ2) is 8.79. The van der Waals surface area contributed by atoms with Gasteiger partial charge in [-0.3, -0.25) is 9.52 Å². The molecule has 0 atom stereocenters. The van der Waals surface area contributed by atoms with Crippen molar-refractivity contribution in [2.24, 2.45) is 0 Å². The van der Waals surface area contributed by atoms with Crippen molar-refractivity contribution in [1.29, 1.82) is 0 Å². The molecule has 0 aliphatic carbocycles. The van der Waals surface area contributed by atoms with E-state index in [-0.39, 0.29) is 16.1 Å². The minimum absolute atomic E-state index is 0.0850. The molecular weight excluding hydrogens is 404 g/mol. The Kier molecular flexibility index (Phi) is 6.17. The van der Waals surface area contributed by atoms with Gasteiger partial charge in [0.2, 0.25) is 0 Å². The highest BCUT2D eigenvalue weighted by Gasteiger charge is 2.19. The zero-order chi connectivity index (χ0) is 21.7. The molecular formula is C22H20N2O5S. The van der Waals surface area contributed by atoms with Gasteiger partial charge in [0.05, 0.1) is 28.8 Å². The van der Waals surface area contributed by atoms with E-state index in [2.05, 4.69) is 10.0 Å². The molecule has 0 unspecified atom stereocenters. The Morgan fingerprint density at radius 3 is 2.10 bits per heavy atom. The zero-order valence-corrected chi connectivity index (χ0v) is 17.2. The topological polar surface area (TPSA) is 102 Å². The highest BCUT2D eigenvalue weighted by Crippen LogP contribution is 2.24. The van der Waals surface area contributed by atoms with Crippen LogP contribution in [0.15, 0.2) is 77.7 Å². The SMILES string of the molecule is COC(=O)c1cccc(NC(=O)c2ccccc2NS(=O)(=O)c2ccccc2)c1C. The summed E-state index contributed by atoms with van der Waals surface area (Å²) < 4.78 is 32.5. The van der Waals surface area contributed by atoms with Gasteiger partial charge in [0.25, 0.3) is 15.9 Å². The van der Waals surface area contributed by atoms with Crippen LogP contribution >= 0.6 is 0 Å². The number of nitrogens with one attached hydrogen (secondary N) is 2. The molecule has 0 radical (unpaired) electrons. The number of hydrogen-bond acceptors (Lipinski definition) is 5. The second-order valence-corrected chi connectivity index (χ2v) is 8.07. The number of sulfonamides is 1. The molecule has 1 amide bonds. The molecule has 0 fully saturated rings. The number of carbonyl (C=O) groups is 2. The van der Waals surface area contributed by atoms with Crippen molar-refractivity contribution < 1.29 is 22.7 Å². The zero-order valence-electron chi connectivity index (χ0n) is 16.4. The van der Waals surface area contributed by atoms with E-state index in [1.807, 2.05) is 0 Å². The van der Waals surface area contributed by atoms with Crippen LogP contribution in [-0.2, 0) is 14.8 Å². The van der Waals surface area contributed by atoms with Crippen molar-refractivity contribution >= 4 is 33.3 Å². The van der Waals surface area contributed by atoms with Crippen LogP contribution < -0.4 is 10.0 Å². The fraction of sp³-hybridized carbons (Fsp3) is 0.0909. The van der Waals surface area contributed by atoms with Gasteiger partial charge in [-0.15, -0.1) is 0 Å². The summed E-state index contributed by atoms with van der Waals surface area (Å²) in [6, 6.07) is 19.0. The van der Waals surface area contributed by atoms with Crippen molar-refractivity contribution in [1.82, 2.24) is 0 Å². The molecule has 154 valence electrons. The number of ether oxygens (including phenoxy) is 1. The first-order chi connectivity index (χ1) is 14.3. The van der Waals surface area contributed by atoms with Gasteiger partial charge in [0.15, 0.2) is 0 Å². The van der Waals surface area contributed by atoms with Crippen LogP contribution in [0.2, 0.25) is 0 Å². The highest BCUT2D eigenvalue weighted by molar-refractivity contribution is 7.92. The Morgan fingerprint density at radius 2 is 1.40 bits per heavy atom. The van der Waals surface area contributed by atoms with E-state index < -0.39 is 21.9 Å². The maximum atomic E-state index is 12.9. The van der Waals surface area contributed by atoms with E-state index in [1.165, 1.54) is 31.4 Å². The number of carbonyl (C=O) groups excluding carboxylic acids is 2. The lowest BCUT2D eigenvalue weighted by Gasteiger charge is -2.14. The molecule has 7 nitrogen and oxygen atoms in total. The third-order valence-electron chi connectivity index (χ3n) is 4.46. The fourth-order valence-corrected chi connectivity index (χ4v) is 3.97. The maximum absolute atomic E-state index is 12.9. The summed E-state index contributed by atoms with van der Waals surface area (Å²) in [5.41, 5.74) is 1.57. The van der Waals surface area contributed by atoms with Crippen LogP contribution in [0.3, 0.4) is 0 Å². The number of rotatable bonds is 6. The Bertz CT molecular complexity index is 1190. The summed E-state index contributed by atoms with van der Waals surface area (Å²) in [7, 11) is -2.58. The highest BCUT2D eigenvalue weighted by atomic mass is 32.2. The van der Waals surface area contributed by atoms with Crippen LogP contribution in [0.4, 0.5) is 11.4 Å². The predicted molar refractivity (Wildman–Crippen MR) is 114 cm³/mol. The predicted octanol–water partition coefficient (Wildman–Crippen LogP) is 3.83. The first kappa shape index (κ1) is 21.1. The molecule has 0 bridgehead atoms. The molecule has 0 aromatic heterocycles. The van der Waals surface area contributed by atoms with Crippen LogP contribution in [0, 0.1) is 6.92 Å². The van der Waals surface area contributed by atoms with Crippen molar-refractivity contribution in [2.45, 2.75) is 11.8 Å². The van der Waals surface area contributed by atoms with Crippen molar-refractivity contribution in [2.75, 3.05) is 17.1 Å². The van der Waals surface area contributed by atoms with Gasteiger partial charge in [-0.1, -0.05) is 36.4 Å². The first-order valence-electron chi connectivity index (χ1n) is 8.99. The molecule has 3 rings (SSSR count). The Balaban J connectivity index is 1.90. The molecule has 0 saturated heterocycles. The van der Waals surface area contributed by atoms with Gasteiger partial charge in [-0.2, -0.15) is 0 Å². The molecule has 3 aromatic carbocycles. The largest absolute Gasteiger partial charge is 0.465 e. The van der Waals surface area contributed by atoms with Gasteiger partial charge < -0.3 is 10.1 Å². The monoisotopic (exact) mass is 424 g/mol. The summed E-state index contributed by atoms with van der Waals surface area (Å²) in [4.78, 5) is 24.9. The summed E-state index contributed by atoms with van der Waals surface area (Å²) >= 11 is 0. The van der Waals surface area contributed by atoms with Crippen LogP contribution in [0.25, 0.3) is 0 Å². The Morgan fingerprint density at radius 1 is 0.800 bits per heavy atom. The summed E-state index contributed by atoms with van der Waals surface area (Å²) in [6.45, 7) is 1.69. The minimum Gasteiger partial charge on any atom is -0.465 e. The fourth-order valence-electron chi connectivity index (χ4n) is 2.87. The van der Waals surface area contributed by atoms with Gasteiger partial charge in [0, 0.05) is 5.69 Å². The van der Waals surface area contributed by atoms with E-state index in [4.69, 9.17) is 4.74 Å². The van der Waals surface area contributed by atoms with E-state index in [1.54, 1.807) is 55.5 Å². The number of benzene rings is 3. The van der Waals surface area contributed by atoms with E-state index in [0.717, 1.165) is 0 Å². The number of anilines is 2. The Hall–Kier alpha value is -3.65. The molecule has 8 heteroatoms. The number of methoxy groups -OCH3 is 1. The summed E-state index contributed by atoms with van der Waals surface area (Å²) in [6.07, 6.45) is 0. The minimum atomic E-state index is -3.86. The van der Waals surface area contributed by atoms with Crippen LogP contribution in [0.5, 0.6) is 0 Å². The lowest BCUT2D eigenvalue weighted by molar-refractivity contribution is 0.0599. The molecule has 0 saturated carbocycles. The van der Waals surface area contributed by atoms with Gasteiger partial charge in [0.1, 0.15) is 0 Å². The third-order valence-corrected chi connectivity index (χ3v) is 5.84. The lowest BCUT2D eigenvalue weighted by atomic mass is 10.1. The molecule has 3 aromatic rings. The number of para-hydroxylation sites is 1. The molecule has 0 aliphatic heterocycles. The number of esters is 1. The molecule has 2 N–H and O–H groups in total. The van der Waals surface area contributed by atoms with Crippen molar-refractivity contribution in [3.8, 4) is 0 Å². The van der Waals surface area contributed by atoms with Crippen molar-refractivity contribution in [3.63, 3.8) is 0 Å². The molecule has 0 spiro atoms. The number of amides is 1. The average Bonchev–Trinajstić information content (AvgIpc) is 2.75. The standard InChI is InChI=1S/C22H20N2O5S/c1-15-17(22(26)29-2)12-8-14-19(15)23-21(25)18-11-6-7-13-20(18)24-30(27,28)16-9-4-3-5-10-16/h3-14,24H,1-2H3,(H,23,25). The van der Waals surface area contributed by atoms with Gasteiger partial charge in [-0.05, 0) is 48.9 Å². The normalized spacial score (nSPS) is 10.9. The smallest absolute Gasteiger partial charge is 0.338 e. The summed E-state index contributed by atoms with van der Waals surface area (Å²) in [5.74, 6) is -1.04. The summed E-state index contributed by atoms with van der Waals surface area (Å²) in [5, 5.41) is 2.73. The third kappa shape index (κ3) is 4.49. The van der Waals surface area contributed by atoms with E-state index in [9.17, 15) is 18.0 Å². The average molecular weight is 424 g/mol. The van der Waals surface area contributed by atoms with Gasteiger partial charge in [-0.25, -0.2) is 13.2 Å². The molecule has 0 aliphatic rings. The maximum Gasteiger partial charge on any atom is 0.338 e. The second-order valence-electron chi connectivity index (χ2n) is 6.39. The van der Waals surface area contributed by atoms with Crippen molar-refractivity contribution in [3.05, 3.63) is 89.5 Å². The Labute approximate surface area is 174 Å². The van der Waals surface area contributed by atoms with E-state index >= 15 is 0 Å². The lowest BCUT2D eigenvalue weighted by Crippen LogP contribution is -2.19. The van der Waals surface area contributed by atoms with E-state index in [0.29, 0.717) is 16.8 Å². The quantitative estimate of drug-likeness (QED) is 0.586. The van der Waals surface area contributed by atoms with Gasteiger partial charge >= 0.3 is 5.97 Å². The first-order valence-corrected chi connectivity index (χ1v) is 10.5. The number of hydrogen-bond donors (Lipinski definition) is 2. The molecule has 30 heavy (non-hydrogen) atoms.